The summed E-state index contributed by atoms with van der Waals surface area (Å²) in [6, 6.07) is -0.468. The number of nitrogens with one attached hydrogen (secondary N) is 1. The smallest absolute Gasteiger partial charge is 0.217 e. The van der Waals surface area contributed by atoms with Gasteiger partial charge in [0.15, 0.2) is 6.29 Å². The Kier molecular flexibility index (Phi) is 5.17. The SMILES string of the molecule is COC1CC(NC(C)=O)C(O)C(CN=[N+]=[N-])O1. The molecule has 0 radical (unpaired) electrons. The number of hydrogen-bond acceptors (Lipinski definition) is 5. The molecule has 0 spiro atoms. The number of hydrogen-bond donors (Lipinski definition) is 2. The van der Waals surface area contributed by atoms with Crippen LogP contribution in [0.5, 0.6) is 0 Å². The average Bonchev–Trinajstić information content (AvgIpc) is 2.29. The summed E-state index contributed by atoms with van der Waals surface area (Å²) in [4.78, 5) is 13.6. The molecule has 8 nitrogen and oxygen atoms in total. The molecule has 4 atom stereocenters. The molecule has 1 fully saturated rings. The summed E-state index contributed by atoms with van der Waals surface area (Å²) in [6.45, 7) is 1.36. The summed E-state index contributed by atoms with van der Waals surface area (Å²) in [5.41, 5.74) is 8.24. The van der Waals surface area contributed by atoms with Crippen LogP contribution in [0, 0.1) is 0 Å². The Morgan fingerprint density at radius 3 is 3.00 bits per heavy atom. The van der Waals surface area contributed by atoms with E-state index in [4.69, 9.17) is 15.0 Å². The predicted molar refractivity (Wildman–Crippen MR) is 57.9 cm³/mol. The van der Waals surface area contributed by atoms with E-state index < -0.39 is 24.5 Å². The minimum Gasteiger partial charge on any atom is -0.388 e. The first-order valence-electron chi connectivity index (χ1n) is 5.22. The van der Waals surface area contributed by atoms with E-state index in [0.717, 1.165) is 0 Å². The number of methoxy groups -OCH3 is 1. The number of azide groups is 1. The Hall–Kier alpha value is -1.34. The van der Waals surface area contributed by atoms with Crippen molar-refractivity contribution in [1.82, 2.24) is 5.32 Å². The van der Waals surface area contributed by atoms with Gasteiger partial charge >= 0.3 is 0 Å². The molecule has 0 aromatic carbocycles. The zero-order valence-corrected chi connectivity index (χ0v) is 9.74. The first kappa shape index (κ1) is 13.7. The maximum Gasteiger partial charge on any atom is 0.217 e. The minimum atomic E-state index is -0.921. The molecule has 1 rings (SSSR count). The first-order valence-corrected chi connectivity index (χ1v) is 5.22. The fourth-order valence-corrected chi connectivity index (χ4v) is 1.76. The number of rotatable bonds is 4. The molecule has 1 amide bonds. The van der Waals surface area contributed by atoms with Gasteiger partial charge in [0.2, 0.25) is 5.91 Å². The lowest BCUT2D eigenvalue weighted by molar-refractivity contribution is -0.217. The van der Waals surface area contributed by atoms with Gasteiger partial charge in [0, 0.05) is 25.4 Å². The topological polar surface area (TPSA) is 117 Å². The zero-order valence-electron chi connectivity index (χ0n) is 9.74. The Morgan fingerprint density at radius 2 is 2.47 bits per heavy atom. The standard InChI is InChI=1S/C9H16N4O4/c1-5(14)12-6-3-8(16-2)17-7(9(6)15)4-11-13-10/h6-9,15H,3-4H2,1-2H3,(H,12,14). The third kappa shape index (κ3) is 3.86. The molecule has 4 unspecified atom stereocenters. The second-order valence-electron chi connectivity index (χ2n) is 3.79. The monoisotopic (exact) mass is 244 g/mol. The summed E-state index contributed by atoms with van der Waals surface area (Å²) in [5.74, 6) is -0.242. The largest absolute Gasteiger partial charge is 0.388 e. The normalized spacial score (nSPS) is 32.6. The van der Waals surface area contributed by atoms with Crippen LogP contribution in [0.25, 0.3) is 10.4 Å². The fraction of sp³-hybridized carbons (Fsp3) is 0.889. The van der Waals surface area contributed by atoms with Gasteiger partial charge in [0.1, 0.15) is 6.10 Å². The number of aliphatic hydroxyl groups is 1. The molecule has 1 saturated heterocycles. The number of carbonyl (C=O) groups excluding carboxylic acids is 1. The molecular weight excluding hydrogens is 228 g/mol. The van der Waals surface area contributed by atoms with Gasteiger partial charge in [0.25, 0.3) is 0 Å². The van der Waals surface area contributed by atoms with Crippen molar-refractivity contribution < 1.29 is 19.4 Å². The van der Waals surface area contributed by atoms with Crippen LogP contribution in [0.4, 0.5) is 0 Å². The third-order valence-electron chi connectivity index (χ3n) is 2.54. The summed E-state index contributed by atoms with van der Waals surface area (Å²) in [6.07, 6.45) is -1.78. The van der Waals surface area contributed by atoms with Gasteiger partial charge in [-0.1, -0.05) is 5.11 Å². The van der Waals surface area contributed by atoms with E-state index in [0.29, 0.717) is 6.42 Å². The van der Waals surface area contributed by atoms with Gasteiger partial charge in [-0.2, -0.15) is 0 Å². The molecule has 8 heteroatoms. The highest BCUT2D eigenvalue weighted by Gasteiger charge is 2.37. The van der Waals surface area contributed by atoms with Crippen molar-refractivity contribution in [1.29, 1.82) is 0 Å². The molecule has 2 N–H and O–H groups in total. The fourth-order valence-electron chi connectivity index (χ4n) is 1.76. The Balaban J connectivity index is 2.69. The van der Waals surface area contributed by atoms with Crippen LogP contribution in [0.2, 0.25) is 0 Å². The highest BCUT2D eigenvalue weighted by Crippen LogP contribution is 2.21. The number of amides is 1. The minimum absolute atomic E-state index is 0.00634. The maximum atomic E-state index is 11.0. The summed E-state index contributed by atoms with van der Waals surface area (Å²) in [7, 11) is 1.47. The average molecular weight is 244 g/mol. The van der Waals surface area contributed by atoms with Gasteiger partial charge in [-0.15, -0.1) is 0 Å². The van der Waals surface area contributed by atoms with Crippen LogP contribution >= 0.6 is 0 Å². The number of aliphatic hydroxyl groups excluding tert-OH is 1. The molecule has 0 aliphatic carbocycles. The number of nitrogens with zero attached hydrogens (tertiary/aromatic N) is 3. The molecule has 0 aromatic heterocycles. The second-order valence-corrected chi connectivity index (χ2v) is 3.79. The van der Waals surface area contributed by atoms with E-state index in [2.05, 4.69) is 15.3 Å². The summed E-state index contributed by atoms with van der Waals surface area (Å²) >= 11 is 0. The van der Waals surface area contributed by atoms with Crippen molar-refractivity contribution in [2.24, 2.45) is 5.11 Å². The molecular formula is C9H16N4O4. The van der Waals surface area contributed by atoms with E-state index in [1.807, 2.05) is 0 Å². The van der Waals surface area contributed by atoms with E-state index in [-0.39, 0.29) is 12.5 Å². The van der Waals surface area contributed by atoms with Gasteiger partial charge in [0.05, 0.1) is 18.7 Å². The maximum absolute atomic E-state index is 11.0. The van der Waals surface area contributed by atoms with Crippen molar-refractivity contribution >= 4 is 5.91 Å². The van der Waals surface area contributed by atoms with E-state index in [9.17, 15) is 9.90 Å². The van der Waals surface area contributed by atoms with Crippen LogP contribution in [0.15, 0.2) is 5.11 Å². The predicted octanol–water partition coefficient (Wildman–Crippen LogP) is -0.0763. The quantitative estimate of drug-likeness (QED) is 0.408. The number of ether oxygens (including phenoxy) is 2. The van der Waals surface area contributed by atoms with Crippen molar-refractivity contribution in [3.63, 3.8) is 0 Å². The first-order chi connectivity index (χ1) is 8.08. The van der Waals surface area contributed by atoms with Crippen molar-refractivity contribution in [2.45, 2.75) is 37.9 Å². The van der Waals surface area contributed by atoms with Gasteiger partial charge in [-0.05, 0) is 5.53 Å². The van der Waals surface area contributed by atoms with Crippen molar-refractivity contribution in [3.8, 4) is 0 Å². The highest BCUT2D eigenvalue weighted by atomic mass is 16.7. The molecule has 96 valence electrons. The number of carbonyl (C=O) groups is 1. The molecule has 17 heavy (non-hydrogen) atoms. The van der Waals surface area contributed by atoms with Crippen LogP contribution in [-0.4, -0.2) is 49.2 Å². The Labute approximate surface area is 98.5 Å². The molecule has 0 saturated carbocycles. The van der Waals surface area contributed by atoms with Gasteiger partial charge in [-0.3, -0.25) is 4.79 Å². The molecule has 1 heterocycles. The highest BCUT2D eigenvalue weighted by molar-refractivity contribution is 5.73. The van der Waals surface area contributed by atoms with Crippen LogP contribution in [-0.2, 0) is 14.3 Å². The van der Waals surface area contributed by atoms with Crippen molar-refractivity contribution in [2.75, 3.05) is 13.7 Å². The second kappa shape index (κ2) is 6.41. The lowest BCUT2D eigenvalue weighted by atomic mass is 9.98. The van der Waals surface area contributed by atoms with Crippen LogP contribution < -0.4 is 5.32 Å². The summed E-state index contributed by atoms with van der Waals surface area (Å²) in [5, 5.41) is 15.9. The molecule has 1 aliphatic heterocycles. The lowest BCUT2D eigenvalue weighted by Gasteiger charge is -2.38. The molecule has 0 bridgehead atoms. The van der Waals surface area contributed by atoms with Gasteiger partial charge in [-0.25, -0.2) is 0 Å². The summed E-state index contributed by atoms with van der Waals surface area (Å²) < 4.78 is 10.4. The Bertz CT molecular complexity index is 304. The molecule has 0 aromatic rings. The van der Waals surface area contributed by atoms with Crippen molar-refractivity contribution in [3.05, 3.63) is 10.4 Å². The zero-order chi connectivity index (χ0) is 12.8. The van der Waals surface area contributed by atoms with Crippen LogP contribution in [0.3, 0.4) is 0 Å². The van der Waals surface area contributed by atoms with Crippen LogP contribution in [0.1, 0.15) is 13.3 Å². The third-order valence-corrected chi connectivity index (χ3v) is 2.54. The van der Waals surface area contributed by atoms with E-state index in [1.165, 1.54) is 14.0 Å². The lowest BCUT2D eigenvalue weighted by Crippen LogP contribution is -2.56. The molecule has 1 aliphatic rings. The Morgan fingerprint density at radius 1 is 1.76 bits per heavy atom. The van der Waals surface area contributed by atoms with E-state index in [1.54, 1.807) is 0 Å². The van der Waals surface area contributed by atoms with Gasteiger partial charge < -0.3 is 19.9 Å². The van der Waals surface area contributed by atoms with E-state index >= 15 is 0 Å².